The molecule has 1 aliphatic rings. The molecule has 0 radical (unpaired) electrons. The lowest BCUT2D eigenvalue weighted by atomic mass is 10.2. The third-order valence-corrected chi connectivity index (χ3v) is 6.57. The van der Waals surface area contributed by atoms with Crippen LogP contribution in [0.5, 0.6) is 0 Å². The van der Waals surface area contributed by atoms with Gasteiger partial charge in [-0.25, -0.2) is 8.42 Å². The van der Waals surface area contributed by atoms with Gasteiger partial charge in [-0.3, -0.25) is 14.9 Å². The first-order chi connectivity index (χ1) is 12.8. The summed E-state index contributed by atoms with van der Waals surface area (Å²) in [6, 6.07) is 9.42. The second-order valence-corrected chi connectivity index (χ2v) is 8.33. The highest BCUT2D eigenvalue weighted by molar-refractivity contribution is 7.89. The Balaban J connectivity index is 1.87. The zero-order valence-corrected chi connectivity index (χ0v) is 15.7. The summed E-state index contributed by atoms with van der Waals surface area (Å²) in [5.41, 5.74) is 0.104. The van der Waals surface area contributed by atoms with Crippen molar-refractivity contribution in [1.29, 1.82) is 0 Å². The number of hydrogen-bond acceptors (Lipinski definition) is 5. The molecule has 1 fully saturated rings. The zero-order valence-electron chi connectivity index (χ0n) is 14.1. The number of amides is 1. The van der Waals surface area contributed by atoms with E-state index in [9.17, 15) is 23.3 Å². The second-order valence-electron chi connectivity index (χ2n) is 6.02. The van der Waals surface area contributed by atoms with Gasteiger partial charge in [-0.05, 0) is 37.1 Å². The van der Waals surface area contributed by atoms with Crippen molar-refractivity contribution in [2.45, 2.75) is 17.7 Å². The smallest absolute Gasteiger partial charge is 0.270 e. The van der Waals surface area contributed by atoms with E-state index < -0.39 is 20.9 Å². The van der Waals surface area contributed by atoms with E-state index in [1.54, 1.807) is 0 Å². The quantitative estimate of drug-likeness (QED) is 0.601. The molecule has 3 rings (SSSR count). The van der Waals surface area contributed by atoms with Crippen LogP contribution in [-0.2, 0) is 10.0 Å². The lowest BCUT2D eigenvalue weighted by molar-refractivity contribution is -0.384. The normalized spacial score (nSPS) is 14.9. The van der Waals surface area contributed by atoms with Crippen LogP contribution in [0, 0.1) is 10.1 Å². The van der Waals surface area contributed by atoms with Gasteiger partial charge in [0.25, 0.3) is 11.6 Å². The first-order valence-corrected chi connectivity index (χ1v) is 9.96. The standard InChI is InChI=1S/C17H16ClN3O5S/c18-15-7-6-13(11-16(15)27(25,26)20-8-1-2-9-20)19-17(22)12-4-3-5-14(10-12)21(23)24/h3-7,10-11H,1-2,8-9H2,(H,19,22). The minimum atomic E-state index is -3.75. The molecule has 1 N–H and O–H groups in total. The molecule has 2 aromatic carbocycles. The number of nitro groups is 1. The molecular weight excluding hydrogens is 394 g/mol. The number of carbonyl (C=O) groups is 1. The van der Waals surface area contributed by atoms with Crippen molar-refractivity contribution in [3.8, 4) is 0 Å². The SMILES string of the molecule is O=C(Nc1ccc(Cl)c(S(=O)(=O)N2CCCC2)c1)c1cccc([N+](=O)[O-])c1. The highest BCUT2D eigenvalue weighted by atomic mass is 35.5. The summed E-state index contributed by atoms with van der Waals surface area (Å²) in [6.07, 6.45) is 1.58. The molecule has 142 valence electrons. The molecule has 0 aliphatic carbocycles. The van der Waals surface area contributed by atoms with Crippen LogP contribution in [0.4, 0.5) is 11.4 Å². The van der Waals surface area contributed by atoms with E-state index in [1.165, 1.54) is 40.7 Å². The Kier molecular flexibility index (Phi) is 5.45. The zero-order chi connectivity index (χ0) is 19.6. The van der Waals surface area contributed by atoms with Crippen LogP contribution in [0.2, 0.25) is 5.02 Å². The van der Waals surface area contributed by atoms with Gasteiger partial charge in [-0.2, -0.15) is 4.31 Å². The molecule has 1 heterocycles. The molecule has 1 amide bonds. The Morgan fingerprint density at radius 1 is 1.15 bits per heavy atom. The summed E-state index contributed by atoms with van der Waals surface area (Å²) in [4.78, 5) is 22.5. The number of hydrogen-bond donors (Lipinski definition) is 1. The molecule has 27 heavy (non-hydrogen) atoms. The van der Waals surface area contributed by atoms with E-state index in [1.807, 2.05) is 0 Å². The van der Waals surface area contributed by atoms with E-state index in [4.69, 9.17) is 11.6 Å². The van der Waals surface area contributed by atoms with Gasteiger partial charge in [-0.15, -0.1) is 0 Å². The number of anilines is 1. The number of nitrogens with zero attached hydrogens (tertiary/aromatic N) is 2. The molecule has 0 spiro atoms. The second kappa shape index (κ2) is 7.63. The van der Waals surface area contributed by atoms with E-state index >= 15 is 0 Å². The van der Waals surface area contributed by atoms with Crippen molar-refractivity contribution in [2.75, 3.05) is 18.4 Å². The summed E-state index contributed by atoms with van der Waals surface area (Å²) in [7, 11) is -3.75. The van der Waals surface area contributed by atoms with Crippen LogP contribution < -0.4 is 5.32 Å². The highest BCUT2D eigenvalue weighted by Crippen LogP contribution is 2.30. The van der Waals surface area contributed by atoms with Gasteiger partial charge in [0, 0.05) is 36.5 Å². The van der Waals surface area contributed by atoms with E-state index in [2.05, 4.69) is 5.32 Å². The number of nitrogens with one attached hydrogen (secondary N) is 1. The lowest BCUT2D eigenvalue weighted by Crippen LogP contribution is -2.28. The van der Waals surface area contributed by atoms with Crippen LogP contribution >= 0.6 is 11.6 Å². The molecule has 10 heteroatoms. The molecule has 1 saturated heterocycles. The maximum atomic E-state index is 12.7. The maximum absolute atomic E-state index is 12.7. The summed E-state index contributed by atoms with van der Waals surface area (Å²) in [5.74, 6) is -0.592. The Labute approximate surface area is 160 Å². The van der Waals surface area contributed by atoms with Crippen LogP contribution in [0.25, 0.3) is 0 Å². The van der Waals surface area contributed by atoms with E-state index in [0.717, 1.165) is 18.9 Å². The predicted molar refractivity (Wildman–Crippen MR) is 100 cm³/mol. The average Bonchev–Trinajstić information content (AvgIpc) is 3.19. The molecule has 0 saturated carbocycles. The number of rotatable bonds is 5. The maximum Gasteiger partial charge on any atom is 0.270 e. The van der Waals surface area contributed by atoms with Crippen molar-refractivity contribution >= 4 is 38.9 Å². The fourth-order valence-electron chi connectivity index (χ4n) is 2.81. The van der Waals surface area contributed by atoms with Crippen molar-refractivity contribution in [3.05, 3.63) is 63.2 Å². The summed E-state index contributed by atoms with van der Waals surface area (Å²) >= 11 is 6.07. The summed E-state index contributed by atoms with van der Waals surface area (Å²) in [6.45, 7) is 0.867. The molecule has 1 aliphatic heterocycles. The molecule has 0 unspecified atom stereocenters. The van der Waals surface area contributed by atoms with Crippen LogP contribution in [0.3, 0.4) is 0 Å². The molecule has 0 atom stereocenters. The fraction of sp³-hybridized carbons (Fsp3) is 0.235. The number of non-ortho nitro benzene ring substituents is 1. The minimum Gasteiger partial charge on any atom is -0.322 e. The first-order valence-electron chi connectivity index (χ1n) is 8.14. The molecular formula is C17H16ClN3O5S. The number of carbonyl (C=O) groups excluding carboxylic acids is 1. The molecule has 8 nitrogen and oxygen atoms in total. The Bertz CT molecular complexity index is 1000. The van der Waals surface area contributed by atoms with Crippen molar-refractivity contribution in [2.24, 2.45) is 0 Å². The first kappa shape index (κ1) is 19.3. The number of benzene rings is 2. The highest BCUT2D eigenvalue weighted by Gasteiger charge is 2.29. The van der Waals surface area contributed by atoms with Crippen molar-refractivity contribution < 1.29 is 18.1 Å². The Morgan fingerprint density at radius 2 is 1.85 bits per heavy atom. The van der Waals surface area contributed by atoms with E-state index in [-0.39, 0.29) is 26.9 Å². The third kappa shape index (κ3) is 4.10. The Hall–Kier alpha value is -2.49. The molecule has 0 aromatic heterocycles. The number of sulfonamides is 1. The van der Waals surface area contributed by atoms with E-state index in [0.29, 0.717) is 13.1 Å². The van der Waals surface area contributed by atoms with Crippen molar-refractivity contribution in [3.63, 3.8) is 0 Å². The topological polar surface area (TPSA) is 110 Å². The van der Waals surface area contributed by atoms with Gasteiger partial charge < -0.3 is 5.32 Å². The lowest BCUT2D eigenvalue weighted by Gasteiger charge is -2.17. The predicted octanol–water partition coefficient (Wildman–Crippen LogP) is 3.29. The van der Waals surface area contributed by atoms with Gasteiger partial charge in [-0.1, -0.05) is 17.7 Å². The molecule has 2 aromatic rings. The van der Waals surface area contributed by atoms with Crippen molar-refractivity contribution in [1.82, 2.24) is 4.31 Å². The fourth-order valence-corrected chi connectivity index (χ4v) is 4.83. The number of halogens is 1. The van der Waals surface area contributed by atoms with Gasteiger partial charge in [0.2, 0.25) is 10.0 Å². The monoisotopic (exact) mass is 409 g/mol. The summed E-state index contributed by atoms with van der Waals surface area (Å²) in [5, 5.41) is 13.5. The van der Waals surface area contributed by atoms with Gasteiger partial charge in [0.15, 0.2) is 0 Å². The number of nitro benzene ring substituents is 1. The van der Waals surface area contributed by atoms with Crippen LogP contribution in [0.1, 0.15) is 23.2 Å². The van der Waals surface area contributed by atoms with Crippen LogP contribution in [0.15, 0.2) is 47.4 Å². The summed E-state index contributed by atoms with van der Waals surface area (Å²) < 4.78 is 26.8. The van der Waals surface area contributed by atoms with Gasteiger partial charge in [0.1, 0.15) is 4.90 Å². The van der Waals surface area contributed by atoms with Gasteiger partial charge >= 0.3 is 0 Å². The van der Waals surface area contributed by atoms with Gasteiger partial charge in [0.05, 0.1) is 9.95 Å². The van der Waals surface area contributed by atoms with Crippen LogP contribution in [-0.4, -0.2) is 36.6 Å². The third-order valence-electron chi connectivity index (χ3n) is 4.19. The largest absolute Gasteiger partial charge is 0.322 e. The Morgan fingerprint density at radius 3 is 2.52 bits per heavy atom. The average molecular weight is 410 g/mol. The molecule has 0 bridgehead atoms. The minimum absolute atomic E-state index is 0.0650.